The average molecular weight is 295 g/mol. The molecule has 2 heterocycles. The highest BCUT2D eigenvalue weighted by atomic mass is 19.1. The van der Waals surface area contributed by atoms with Crippen LogP contribution < -0.4 is 4.74 Å². The largest absolute Gasteiger partial charge is 0.497 e. The smallest absolute Gasteiger partial charge is 0.131 e. The molecular formula is C16H22FNO3. The van der Waals surface area contributed by atoms with Gasteiger partial charge >= 0.3 is 0 Å². The van der Waals surface area contributed by atoms with Gasteiger partial charge in [0.05, 0.1) is 18.8 Å². The number of nitrogens with zero attached hydrogens (tertiary/aromatic N) is 1. The van der Waals surface area contributed by atoms with Crippen molar-refractivity contribution in [2.45, 2.75) is 37.5 Å². The van der Waals surface area contributed by atoms with E-state index in [0.29, 0.717) is 24.4 Å². The van der Waals surface area contributed by atoms with Gasteiger partial charge in [-0.25, -0.2) is 4.39 Å². The van der Waals surface area contributed by atoms with Crippen LogP contribution in [-0.4, -0.2) is 48.5 Å². The molecule has 0 aliphatic carbocycles. The minimum atomic E-state index is -0.491. The highest BCUT2D eigenvalue weighted by Gasteiger charge is 2.45. The maximum atomic E-state index is 14.0. The van der Waals surface area contributed by atoms with Crippen molar-refractivity contribution in [2.75, 3.05) is 26.8 Å². The third-order valence-electron chi connectivity index (χ3n) is 4.68. The number of likely N-dealkylation sites (tertiary alicyclic amines) is 1. The molecular weight excluding hydrogens is 273 g/mol. The lowest BCUT2D eigenvalue weighted by Crippen LogP contribution is -2.54. The summed E-state index contributed by atoms with van der Waals surface area (Å²) in [6, 6.07) is 4.91. The number of rotatable bonds is 3. The van der Waals surface area contributed by atoms with Crippen molar-refractivity contribution in [1.29, 1.82) is 0 Å². The van der Waals surface area contributed by atoms with Gasteiger partial charge in [-0.15, -0.1) is 0 Å². The number of aliphatic hydroxyl groups excluding tert-OH is 1. The molecule has 3 rings (SSSR count). The number of hydrogen-bond acceptors (Lipinski definition) is 4. The van der Waals surface area contributed by atoms with E-state index in [-0.39, 0.29) is 11.4 Å². The van der Waals surface area contributed by atoms with Gasteiger partial charge in [0.15, 0.2) is 0 Å². The molecule has 0 bridgehead atoms. The fourth-order valence-electron chi connectivity index (χ4n) is 3.36. The Balaban J connectivity index is 1.64. The van der Waals surface area contributed by atoms with Crippen LogP contribution in [0.15, 0.2) is 18.2 Å². The third kappa shape index (κ3) is 2.91. The summed E-state index contributed by atoms with van der Waals surface area (Å²) in [6.45, 7) is 2.60. The summed E-state index contributed by atoms with van der Waals surface area (Å²) in [5.74, 6) is 0.259. The van der Waals surface area contributed by atoms with Crippen LogP contribution >= 0.6 is 0 Å². The topological polar surface area (TPSA) is 41.9 Å². The number of β-amino-alcohol motifs (C(OH)–C–C–N with tert-alkyl or cyclic N) is 1. The quantitative estimate of drug-likeness (QED) is 0.925. The van der Waals surface area contributed by atoms with E-state index in [4.69, 9.17) is 9.47 Å². The Morgan fingerprint density at radius 1 is 1.48 bits per heavy atom. The van der Waals surface area contributed by atoms with Gasteiger partial charge < -0.3 is 14.6 Å². The predicted molar refractivity (Wildman–Crippen MR) is 76.8 cm³/mol. The summed E-state index contributed by atoms with van der Waals surface area (Å²) in [6.07, 6.45) is 2.27. The summed E-state index contributed by atoms with van der Waals surface area (Å²) in [5, 5.41) is 10.4. The first kappa shape index (κ1) is 14.8. The van der Waals surface area contributed by atoms with Gasteiger partial charge in [0.2, 0.25) is 0 Å². The van der Waals surface area contributed by atoms with Gasteiger partial charge in [0.25, 0.3) is 0 Å². The Morgan fingerprint density at radius 2 is 2.33 bits per heavy atom. The van der Waals surface area contributed by atoms with E-state index in [0.717, 1.165) is 32.4 Å². The van der Waals surface area contributed by atoms with E-state index in [9.17, 15) is 9.50 Å². The number of methoxy groups -OCH3 is 1. The molecule has 1 aromatic carbocycles. The van der Waals surface area contributed by atoms with Crippen molar-refractivity contribution in [3.05, 3.63) is 29.6 Å². The Bertz CT molecular complexity index is 502. The SMILES string of the molecule is COc1ccc(CN2CC[C@@]3(CCCO3)[C@@H](O)C2)c(F)c1. The van der Waals surface area contributed by atoms with Gasteiger partial charge in [0, 0.05) is 37.9 Å². The van der Waals surface area contributed by atoms with Gasteiger partial charge in [-0.2, -0.15) is 0 Å². The van der Waals surface area contributed by atoms with Crippen LogP contribution in [-0.2, 0) is 11.3 Å². The lowest BCUT2D eigenvalue weighted by atomic mass is 9.86. The van der Waals surface area contributed by atoms with E-state index >= 15 is 0 Å². The second-order valence-corrected chi connectivity index (χ2v) is 5.98. The minimum Gasteiger partial charge on any atom is -0.497 e. The number of aliphatic hydroxyl groups is 1. The van der Waals surface area contributed by atoms with Crippen molar-refractivity contribution in [3.63, 3.8) is 0 Å². The van der Waals surface area contributed by atoms with Crippen LogP contribution in [0.3, 0.4) is 0 Å². The molecule has 0 unspecified atom stereocenters. The van der Waals surface area contributed by atoms with Crippen LogP contribution in [0.2, 0.25) is 0 Å². The molecule has 2 atom stereocenters. The van der Waals surface area contributed by atoms with Crippen LogP contribution in [0.1, 0.15) is 24.8 Å². The highest BCUT2D eigenvalue weighted by Crippen LogP contribution is 2.36. The highest BCUT2D eigenvalue weighted by molar-refractivity contribution is 5.28. The van der Waals surface area contributed by atoms with Crippen LogP contribution in [0.4, 0.5) is 4.39 Å². The molecule has 2 aliphatic heterocycles. The summed E-state index contributed by atoms with van der Waals surface area (Å²) < 4.78 is 24.8. The van der Waals surface area contributed by atoms with Crippen molar-refractivity contribution < 1.29 is 19.0 Å². The zero-order valence-corrected chi connectivity index (χ0v) is 12.3. The van der Waals surface area contributed by atoms with Gasteiger partial charge in [0.1, 0.15) is 11.6 Å². The minimum absolute atomic E-state index is 0.263. The molecule has 1 spiro atoms. The molecule has 0 amide bonds. The standard InChI is InChI=1S/C16H22FNO3/c1-20-13-4-3-12(14(17)9-13)10-18-7-6-16(15(19)11-18)5-2-8-21-16/h3-4,9,15,19H,2,5-8,10-11H2,1H3/t15-,16-/m0/s1. The van der Waals surface area contributed by atoms with Gasteiger partial charge in [-0.3, -0.25) is 4.90 Å². The van der Waals surface area contributed by atoms with E-state index < -0.39 is 6.10 Å². The van der Waals surface area contributed by atoms with Crippen molar-refractivity contribution in [1.82, 2.24) is 4.90 Å². The maximum absolute atomic E-state index is 14.0. The molecule has 2 aliphatic rings. The summed E-state index contributed by atoms with van der Waals surface area (Å²) in [7, 11) is 1.52. The van der Waals surface area contributed by atoms with Crippen LogP contribution in [0.5, 0.6) is 5.75 Å². The number of piperidine rings is 1. The lowest BCUT2D eigenvalue weighted by Gasteiger charge is -2.42. The van der Waals surface area contributed by atoms with Crippen molar-refractivity contribution >= 4 is 0 Å². The van der Waals surface area contributed by atoms with E-state index in [1.807, 2.05) is 0 Å². The second-order valence-electron chi connectivity index (χ2n) is 5.98. The van der Waals surface area contributed by atoms with Crippen molar-refractivity contribution in [3.8, 4) is 5.75 Å². The van der Waals surface area contributed by atoms with Gasteiger partial charge in [-0.1, -0.05) is 6.07 Å². The summed E-state index contributed by atoms with van der Waals surface area (Å²) in [4.78, 5) is 2.09. The molecule has 2 fully saturated rings. The molecule has 4 nitrogen and oxygen atoms in total. The molecule has 0 saturated carbocycles. The fourth-order valence-corrected chi connectivity index (χ4v) is 3.36. The molecule has 0 radical (unpaired) electrons. The molecule has 5 heteroatoms. The molecule has 116 valence electrons. The first-order valence-electron chi connectivity index (χ1n) is 7.50. The zero-order chi connectivity index (χ0) is 14.9. The molecule has 21 heavy (non-hydrogen) atoms. The Kier molecular flexibility index (Phi) is 4.15. The number of hydrogen-bond donors (Lipinski definition) is 1. The van der Waals surface area contributed by atoms with Crippen molar-refractivity contribution in [2.24, 2.45) is 0 Å². The zero-order valence-electron chi connectivity index (χ0n) is 12.3. The molecule has 0 aromatic heterocycles. The molecule has 1 aromatic rings. The second kappa shape index (κ2) is 5.91. The number of halogens is 1. The monoisotopic (exact) mass is 295 g/mol. The third-order valence-corrected chi connectivity index (χ3v) is 4.68. The normalized spacial score (nSPS) is 30.0. The summed E-state index contributed by atoms with van der Waals surface area (Å²) >= 11 is 0. The van der Waals surface area contributed by atoms with E-state index in [2.05, 4.69) is 4.90 Å². The average Bonchev–Trinajstić information content (AvgIpc) is 2.95. The Morgan fingerprint density at radius 3 is 2.95 bits per heavy atom. The number of ether oxygens (including phenoxy) is 2. The Labute approximate surface area is 124 Å². The van der Waals surface area contributed by atoms with Crippen LogP contribution in [0.25, 0.3) is 0 Å². The molecule has 1 N–H and O–H groups in total. The molecule has 2 saturated heterocycles. The predicted octanol–water partition coefficient (Wildman–Crippen LogP) is 1.95. The number of benzene rings is 1. The van der Waals surface area contributed by atoms with E-state index in [1.54, 1.807) is 12.1 Å². The fraction of sp³-hybridized carbons (Fsp3) is 0.625. The van der Waals surface area contributed by atoms with E-state index in [1.165, 1.54) is 13.2 Å². The first-order valence-corrected chi connectivity index (χ1v) is 7.50. The first-order chi connectivity index (χ1) is 10.1. The lowest BCUT2D eigenvalue weighted by molar-refractivity contribution is -0.130. The maximum Gasteiger partial charge on any atom is 0.131 e. The summed E-state index contributed by atoms with van der Waals surface area (Å²) in [5.41, 5.74) is 0.279. The Hall–Kier alpha value is -1.17. The van der Waals surface area contributed by atoms with Crippen LogP contribution in [0, 0.1) is 5.82 Å². The van der Waals surface area contributed by atoms with Gasteiger partial charge in [-0.05, 0) is 25.3 Å².